The summed E-state index contributed by atoms with van der Waals surface area (Å²) in [4.78, 5) is 18.9. The summed E-state index contributed by atoms with van der Waals surface area (Å²) >= 11 is 6.15. The summed E-state index contributed by atoms with van der Waals surface area (Å²) in [5, 5.41) is 0.640. The van der Waals surface area contributed by atoms with Crippen molar-refractivity contribution < 1.29 is 9.53 Å². The van der Waals surface area contributed by atoms with Crippen LogP contribution in [-0.2, 0) is 11.3 Å². The highest BCUT2D eigenvalue weighted by molar-refractivity contribution is 6.32. The highest BCUT2D eigenvalue weighted by Gasteiger charge is 2.31. The number of unbranched alkanes of at least 4 members (excludes halogenated alkanes) is 1. The number of ether oxygens (including phenoxy) is 1. The van der Waals surface area contributed by atoms with Gasteiger partial charge in [0, 0.05) is 20.0 Å². The van der Waals surface area contributed by atoms with E-state index in [-0.39, 0.29) is 11.9 Å². The van der Waals surface area contributed by atoms with Crippen molar-refractivity contribution in [3.63, 3.8) is 0 Å². The highest BCUT2D eigenvalue weighted by atomic mass is 35.5. The minimum absolute atomic E-state index is 0.0688. The molecule has 1 fully saturated rings. The molecule has 0 bridgehead atoms. The lowest BCUT2D eigenvalue weighted by atomic mass is 10.2. The number of nitrogens with zero attached hydrogens (tertiary/aromatic N) is 3. The van der Waals surface area contributed by atoms with Crippen LogP contribution in [0.15, 0.2) is 48.5 Å². The van der Waals surface area contributed by atoms with Gasteiger partial charge >= 0.3 is 0 Å². The maximum atomic E-state index is 12.1. The number of fused-ring (bicyclic) bond motifs is 1. The van der Waals surface area contributed by atoms with Crippen LogP contribution in [0.1, 0.15) is 44.5 Å². The Balaban J connectivity index is 1.46. The van der Waals surface area contributed by atoms with Gasteiger partial charge in [0.1, 0.15) is 11.6 Å². The Morgan fingerprint density at radius 1 is 1.17 bits per heavy atom. The number of aryl methyl sites for hydroxylation is 1. The fraction of sp³-hybridized carbons (Fsp3) is 0.391. The largest absolute Gasteiger partial charge is 0.492 e. The first-order valence-electron chi connectivity index (χ1n) is 10.2. The van der Waals surface area contributed by atoms with Gasteiger partial charge in [-0.2, -0.15) is 0 Å². The number of rotatable bonds is 7. The molecule has 1 aromatic heterocycles. The molecular weight excluding hydrogens is 386 g/mol. The van der Waals surface area contributed by atoms with Gasteiger partial charge in [-0.1, -0.05) is 35.9 Å². The van der Waals surface area contributed by atoms with Crippen LogP contribution in [0, 0.1) is 0 Å². The van der Waals surface area contributed by atoms with Crippen molar-refractivity contribution in [1.82, 2.24) is 14.5 Å². The topological polar surface area (TPSA) is 47.4 Å². The maximum Gasteiger partial charge on any atom is 0.220 e. The molecule has 4 rings (SSSR count). The fourth-order valence-corrected chi connectivity index (χ4v) is 4.30. The summed E-state index contributed by atoms with van der Waals surface area (Å²) in [5.74, 6) is 1.86. The number of hydrogen-bond acceptors (Lipinski definition) is 3. The van der Waals surface area contributed by atoms with E-state index in [1.54, 1.807) is 6.92 Å². The average molecular weight is 412 g/mol. The molecule has 3 aromatic rings. The molecule has 0 spiro atoms. The van der Waals surface area contributed by atoms with Crippen molar-refractivity contribution >= 4 is 28.5 Å². The van der Waals surface area contributed by atoms with Gasteiger partial charge in [0.25, 0.3) is 0 Å². The molecule has 0 unspecified atom stereocenters. The first-order chi connectivity index (χ1) is 14.1. The number of carbonyl (C=O) groups excluding carboxylic acids is 1. The minimum Gasteiger partial charge on any atom is -0.492 e. The molecule has 152 valence electrons. The van der Waals surface area contributed by atoms with Crippen molar-refractivity contribution in [2.75, 3.05) is 13.2 Å². The second-order valence-corrected chi connectivity index (χ2v) is 7.87. The lowest BCUT2D eigenvalue weighted by molar-refractivity contribution is -0.129. The molecular formula is C23H26ClN3O2. The summed E-state index contributed by atoms with van der Waals surface area (Å²) in [6.07, 6.45) is 3.88. The quantitative estimate of drug-likeness (QED) is 0.500. The Morgan fingerprint density at radius 3 is 2.79 bits per heavy atom. The van der Waals surface area contributed by atoms with E-state index in [2.05, 4.69) is 10.6 Å². The number of carbonyl (C=O) groups is 1. The van der Waals surface area contributed by atoms with E-state index in [0.717, 1.165) is 61.4 Å². The lowest BCUT2D eigenvalue weighted by Crippen LogP contribution is -2.30. The Labute approximate surface area is 176 Å². The average Bonchev–Trinajstić information content (AvgIpc) is 3.34. The molecule has 1 aliphatic rings. The summed E-state index contributed by atoms with van der Waals surface area (Å²) in [6, 6.07) is 15.8. The first kappa shape index (κ1) is 19.8. The molecule has 0 N–H and O–H groups in total. The third-order valence-electron chi connectivity index (χ3n) is 5.51. The molecule has 6 heteroatoms. The van der Waals surface area contributed by atoms with Crippen LogP contribution < -0.4 is 4.74 Å². The predicted octanol–water partition coefficient (Wildman–Crippen LogP) is 5.23. The van der Waals surface area contributed by atoms with Gasteiger partial charge in [-0.05, 0) is 49.9 Å². The van der Waals surface area contributed by atoms with Gasteiger partial charge in [0.05, 0.1) is 28.7 Å². The number of amides is 1. The van der Waals surface area contributed by atoms with E-state index in [0.29, 0.717) is 11.6 Å². The summed E-state index contributed by atoms with van der Waals surface area (Å²) < 4.78 is 8.10. The number of halogens is 1. The third kappa shape index (κ3) is 4.25. The van der Waals surface area contributed by atoms with Crippen molar-refractivity contribution in [2.24, 2.45) is 0 Å². The monoisotopic (exact) mass is 411 g/mol. The molecule has 1 saturated heterocycles. The molecule has 1 amide bonds. The molecule has 2 aromatic carbocycles. The lowest BCUT2D eigenvalue weighted by Gasteiger charge is -2.24. The summed E-state index contributed by atoms with van der Waals surface area (Å²) in [5.41, 5.74) is 2.12. The van der Waals surface area contributed by atoms with Gasteiger partial charge in [-0.15, -0.1) is 0 Å². The molecule has 0 saturated carbocycles. The Bertz CT molecular complexity index is 1000. The third-order valence-corrected chi connectivity index (χ3v) is 5.82. The zero-order valence-electron chi connectivity index (χ0n) is 16.7. The highest BCUT2D eigenvalue weighted by Crippen LogP contribution is 2.33. The molecule has 2 heterocycles. The predicted molar refractivity (Wildman–Crippen MR) is 115 cm³/mol. The Morgan fingerprint density at radius 2 is 1.97 bits per heavy atom. The van der Waals surface area contributed by atoms with Crippen LogP contribution in [-0.4, -0.2) is 33.5 Å². The SMILES string of the molecule is CC(=O)N1CCC[C@H]1c1nc2ccccc2n1CCCCOc1ccccc1Cl. The van der Waals surface area contributed by atoms with E-state index in [9.17, 15) is 4.79 Å². The van der Waals surface area contributed by atoms with Crippen LogP contribution in [0.2, 0.25) is 5.02 Å². The number of aromatic nitrogens is 2. The molecule has 1 aliphatic heterocycles. The van der Waals surface area contributed by atoms with Gasteiger partial charge in [-0.25, -0.2) is 4.98 Å². The zero-order chi connectivity index (χ0) is 20.2. The second-order valence-electron chi connectivity index (χ2n) is 7.47. The molecule has 0 aliphatic carbocycles. The minimum atomic E-state index is 0.0688. The van der Waals surface area contributed by atoms with Crippen LogP contribution >= 0.6 is 11.6 Å². The zero-order valence-corrected chi connectivity index (χ0v) is 17.4. The van der Waals surface area contributed by atoms with Crippen LogP contribution in [0.4, 0.5) is 0 Å². The van der Waals surface area contributed by atoms with Crippen LogP contribution in [0.25, 0.3) is 11.0 Å². The van der Waals surface area contributed by atoms with Crippen molar-refractivity contribution in [2.45, 2.75) is 45.2 Å². The van der Waals surface area contributed by atoms with Gasteiger partial charge in [0.15, 0.2) is 0 Å². The van der Waals surface area contributed by atoms with E-state index < -0.39 is 0 Å². The second kappa shape index (κ2) is 8.87. The molecule has 1 atom stereocenters. The van der Waals surface area contributed by atoms with Gasteiger partial charge in [0.2, 0.25) is 5.91 Å². The van der Waals surface area contributed by atoms with E-state index >= 15 is 0 Å². The summed E-state index contributed by atoms with van der Waals surface area (Å²) in [6.45, 7) is 3.94. The first-order valence-corrected chi connectivity index (χ1v) is 10.6. The van der Waals surface area contributed by atoms with Crippen LogP contribution in [0.5, 0.6) is 5.75 Å². The van der Waals surface area contributed by atoms with Crippen molar-refractivity contribution in [3.05, 3.63) is 59.4 Å². The summed E-state index contributed by atoms with van der Waals surface area (Å²) in [7, 11) is 0. The number of para-hydroxylation sites is 3. The fourth-order valence-electron chi connectivity index (χ4n) is 4.11. The molecule has 5 nitrogen and oxygen atoms in total. The number of likely N-dealkylation sites (tertiary alicyclic amines) is 1. The normalized spacial score (nSPS) is 16.5. The maximum absolute atomic E-state index is 12.1. The van der Waals surface area contributed by atoms with Gasteiger partial charge < -0.3 is 14.2 Å². The standard InChI is InChI=1S/C23H26ClN3O2/c1-17(28)26-15-8-12-21(26)23-25-19-10-3-4-11-20(19)27(23)14-6-7-16-29-22-13-5-2-9-18(22)24/h2-5,9-11,13,21H,6-8,12,14-16H2,1H3/t21-/m0/s1. The van der Waals surface area contributed by atoms with E-state index in [1.807, 2.05) is 47.4 Å². The van der Waals surface area contributed by atoms with Crippen molar-refractivity contribution in [3.8, 4) is 5.75 Å². The van der Waals surface area contributed by atoms with Crippen LogP contribution in [0.3, 0.4) is 0 Å². The van der Waals surface area contributed by atoms with Crippen molar-refractivity contribution in [1.29, 1.82) is 0 Å². The Hall–Kier alpha value is -2.53. The number of benzene rings is 2. The smallest absolute Gasteiger partial charge is 0.220 e. The molecule has 0 radical (unpaired) electrons. The van der Waals surface area contributed by atoms with Gasteiger partial charge in [-0.3, -0.25) is 4.79 Å². The molecule has 29 heavy (non-hydrogen) atoms. The van der Waals surface area contributed by atoms with E-state index in [4.69, 9.17) is 21.3 Å². The number of imidazole rings is 1. The Kier molecular flexibility index (Phi) is 6.05. The number of hydrogen-bond donors (Lipinski definition) is 0. The van der Waals surface area contributed by atoms with E-state index in [1.165, 1.54) is 0 Å².